The molecule has 1 fully saturated rings. The molecule has 0 atom stereocenters. The van der Waals surface area contributed by atoms with Crippen LogP contribution in [0, 0.1) is 5.41 Å². The topological polar surface area (TPSA) is 95.8 Å². The van der Waals surface area contributed by atoms with Gasteiger partial charge in [0.2, 0.25) is 0 Å². The first-order valence-corrected chi connectivity index (χ1v) is 8.01. The quantitative estimate of drug-likeness (QED) is 0.667. The Kier molecular flexibility index (Phi) is 12.7. The third-order valence-corrected chi connectivity index (χ3v) is 3.35. The molecule has 8 heteroatoms. The normalized spacial score (nSPS) is 24.3. The molecule has 1 aliphatic rings. The van der Waals surface area contributed by atoms with Crippen LogP contribution in [0.2, 0.25) is 0 Å². The number of rotatable bonds is 2. The molecule has 1 heterocycles. The Morgan fingerprint density at radius 2 is 0.739 bits per heavy atom. The van der Waals surface area contributed by atoms with E-state index in [1.807, 2.05) is 0 Å². The highest BCUT2D eigenvalue weighted by Gasteiger charge is 2.29. The molecule has 0 aromatic heterocycles. The molecule has 138 valence electrons. The van der Waals surface area contributed by atoms with Crippen molar-refractivity contribution in [1.29, 1.82) is 0 Å². The van der Waals surface area contributed by atoms with Gasteiger partial charge in [-0.3, -0.25) is 0 Å². The van der Waals surface area contributed by atoms with E-state index in [9.17, 15) is 10.2 Å². The monoisotopic (exact) mass is 338 g/mol. The molecule has 1 aliphatic heterocycles. The lowest BCUT2D eigenvalue weighted by molar-refractivity contribution is -0.0901. The molecule has 1 rings (SSSR count). The molecule has 0 amide bonds. The molecule has 8 nitrogen and oxygen atoms in total. The maximum Gasteiger partial charge on any atom is 0.0701 e. The van der Waals surface area contributed by atoms with Gasteiger partial charge >= 0.3 is 0 Å². The Balaban J connectivity index is 2.32. The van der Waals surface area contributed by atoms with E-state index in [1.54, 1.807) is 0 Å². The first kappa shape index (κ1) is 20.7. The van der Waals surface area contributed by atoms with Crippen molar-refractivity contribution in [3.05, 3.63) is 0 Å². The minimum atomic E-state index is -0.810. The molecule has 0 aromatic rings. The van der Waals surface area contributed by atoms with E-state index in [4.69, 9.17) is 28.4 Å². The van der Waals surface area contributed by atoms with Gasteiger partial charge in [0.15, 0.2) is 0 Å². The summed E-state index contributed by atoms with van der Waals surface area (Å²) in [5.41, 5.74) is -0.810. The van der Waals surface area contributed by atoms with Crippen molar-refractivity contribution < 1.29 is 38.6 Å². The standard InChI is InChI=1S/C15H30O8/c16-11-15(12-17)13-22-9-7-20-5-3-18-1-2-19-4-6-21-8-10-23-14-15/h16-17H,1-14H2. The summed E-state index contributed by atoms with van der Waals surface area (Å²) in [6.07, 6.45) is 0. The molecule has 0 unspecified atom stereocenters. The summed E-state index contributed by atoms with van der Waals surface area (Å²) in [7, 11) is 0. The predicted octanol–water partition coefficient (Wildman–Crippen LogP) is -0.929. The summed E-state index contributed by atoms with van der Waals surface area (Å²) in [5.74, 6) is 0. The molecular weight excluding hydrogens is 308 g/mol. The van der Waals surface area contributed by atoms with Gasteiger partial charge in [0.05, 0.1) is 97.9 Å². The van der Waals surface area contributed by atoms with Crippen LogP contribution < -0.4 is 0 Å². The molecule has 0 bridgehead atoms. The zero-order valence-electron chi connectivity index (χ0n) is 13.7. The summed E-state index contributed by atoms with van der Waals surface area (Å²) in [6.45, 7) is 4.64. The van der Waals surface area contributed by atoms with Crippen LogP contribution in [-0.2, 0) is 28.4 Å². The largest absolute Gasteiger partial charge is 0.396 e. The van der Waals surface area contributed by atoms with E-state index >= 15 is 0 Å². The fourth-order valence-electron chi connectivity index (χ4n) is 1.85. The summed E-state index contributed by atoms with van der Waals surface area (Å²) in [5, 5.41) is 19.0. The lowest BCUT2D eigenvalue weighted by Crippen LogP contribution is -2.40. The average molecular weight is 338 g/mol. The van der Waals surface area contributed by atoms with E-state index in [0.29, 0.717) is 66.1 Å². The van der Waals surface area contributed by atoms with Gasteiger partial charge < -0.3 is 38.6 Å². The average Bonchev–Trinajstić information content (AvgIpc) is 2.58. The van der Waals surface area contributed by atoms with E-state index in [1.165, 1.54) is 0 Å². The Hall–Kier alpha value is -0.320. The van der Waals surface area contributed by atoms with E-state index in [-0.39, 0.29) is 26.4 Å². The number of aliphatic hydroxyl groups excluding tert-OH is 2. The molecule has 0 spiro atoms. The zero-order valence-corrected chi connectivity index (χ0v) is 13.7. The van der Waals surface area contributed by atoms with Crippen molar-refractivity contribution in [2.24, 2.45) is 5.41 Å². The first-order chi connectivity index (χ1) is 11.3. The Morgan fingerprint density at radius 1 is 0.478 bits per heavy atom. The van der Waals surface area contributed by atoms with Gasteiger partial charge in [0.25, 0.3) is 0 Å². The first-order valence-electron chi connectivity index (χ1n) is 8.01. The van der Waals surface area contributed by atoms with Crippen LogP contribution in [0.1, 0.15) is 0 Å². The van der Waals surface area contributed by atoms with Crippen LogP contribution in [0.4, 0.5) is 0 Å². The number of hydrogen-bond donors (Lipinski definition) is 2. The third kappa shape index (κ3) is 10.2. The van der Waals surface area contributed by atoms with Crippen LogP contribution >= 0.6 is 0 Å². The van der Waals surface area contributed by atoms with E-state index in [2.05, 4.69) is 0 Å². The fourth-order valence-corrected chi connectivity index (χ4v) is 1.85. The summed E-state index contributed by atoms with van der Waals surface area (Å²) in [6, 6.07) is 0. The highest BCUT2D eigenvalue weighted by atomic mass is 16.6. The Bertz CT molecular complexity index is 238. The maximum absolute atomic E-state index is 9.51. The maximum atomic E-state index is 9.51. The minimum Gasteiger partial charge on any atom is -0.396 e. The molecule has 0 aromatic carbocycles. The predicted molar refractivity (Wildman–Crippen MR) is 81.5 cm³/mol. The second-order valence-electron chi connectivity index (χ2n) is 5.37. The van der Waals surface area contributed by atoms with Crippen LogP contribution in [0.15, 0.2) is 0 Å². The van der Waals surface area contributed by atoms with Crippen molar-refractivity contribution >= 4 is 0 Å². The molecule has 0 saturated carbocycles. The molecule has 0 aliphatic carbocycles. The Labute approximate surface area is 137 Å². The van der Waals surface area contributed by atoms with Crippen molar-refractivity contribution in [3.63, 3.8) is 0 Å². The van der Waals surface area contributed by atoms with Crippen LogP contribution in [0.3, 0.4) is 0 Å². The second-order valence-corrected chi connectivity index (χ2v) is 5.37. The zero-order chi connectivity index (χ0) is 16.6. The van der Waals surface area contributed by atoms with Crippen molar-refractivity contribution in [2.45, 2.75) is 0 Å². The van der Waals surface area contributed by atoms with E-state index in [0.717, 1.165) is 0 Å². The van der Waals surface area contributed by atoms with Crippen molar-refractivity contribution in [1.82, 2.24) is 0 Å². The molecule has 23 heavy (non-hydrogen) atoms. The molecule has 0 radical (unpaired) electrons. The van der Waals surface area contributed by atoms with Crippen LogP contribution in [-0.4, -0.2) is 103 Å². The van der Waals surface area contributed by atoms with Gasteiger partial charge in [-0.05, 0) is 0 Å². The minimum absolute atomic E-state index is 0.203. The summed E-state index contributed by atoms with van der Waals surface area (Å²) < 4.78 is 32.4. The second kappa shape index (κ2) is 14.1. The van der Waals surface area contributed by atoms with Crippen LogP contribution in [0.25, 0.3) is 0 Å². The van der Waals surface area contributed by atoms with Gasteiger partial charge in [0, 0.05) is 0 Å². The molecular formula is C15H30O8. The van der Waals surface area contributed by atoms with Gasteiger partial charge in [-0.15, -0.1) is 0 Å². The van der Waals surface area contributed by atoms with E-state index < -0.39 is 5.41 Å². The highest BCUT2D eigenvalue weighted by Crippen LogP contribution is 2.17. The van der Waals surface area contributed by atoms with Gasteiger partial charge in [-0.1, -0.05) is 0 Å². The van der Waals surface area contributed by atoms with Crippen LogP contribution in [0.5, 0.6) is 0 Å². The third-order valence-electron chi connectivity index (χ3n) is 3.35. The van der Waals surface area contributed by atoms with Gasteiger partial charge in [-0.25, -0.2) is 0 Å². The summed E-state index contributed by atoms with van der Waals surface area (Å²) >= 11 is 0. The number of ether oxygens (including phenoxy) is 6. The highest BCUT2D eigenvalue weighted by molar-refractivity contribution is 4.77. The van der Waals surface area contributed by atoms with Crippen molar-refractivity contribution in [2.75, 3.05) is 92.5 Å². The van der Waals surface area contributed by atoms with Gasteiger partial charge in [0.1, 0.15) is 0 Å². The smallest absolute Gasteiger partial charge is 0.0701 e. The Morgan fingerprint density at radius 3 is 1.00 bits per heavy atom. The van der Waals surface area contributed by atoms with Gasteiger partial charge in [-0.2, -0.15) is 0 Å². The lowest BCUT2D eigenvalue weighted by Gasteiger charge is -2.29. The SMILES string of the molecule is OCC1(CO)COCCOCCOCCOCCOCCOC1. The number of aliphatic hydroxyl groups is 2. The number of hydrogen-bond acceptors (Lipinski definition) is 8. The van der Waals surface area contributed by atoms with Crippen molar-refractivity contribution in [3.8, 4) is 0 Å². The lowest BCUT2D eigenvalue weighted by atomic mass is 9.92. The molecule has 2 N–H and O–H groups in total. The fraction of sp³-hybridized carbons (Fsp3) is 1.00. The molecule has 1 saturated heterocycles. The summed E-state index contributed by atoms with van der Waals surface area (Å²) in [4.78, 5) is 0.